The lowest BCUT2D eigenvalue weighted by Crippen LogP contribution is -2.07. The van der Waals surface area contributed by atoms with Crippen LogP contribution in [0.3, 0.4) is 0 Å². The van der Waals surface area contributed by atoms with Crippen LogP contribution in [0.4, 0.5) is 10.1 Å². The minimum Gasteiger partial charge on any atom is -0.465 e. The predicted molar refractivity (Wildman–Crippen MR) is 63.4 cm³/mol. The van der Waals surface area contributed by atoms with Crippen molar-refractivity contribution in [1.82, 2.24) is 9.78 Å². The van der Waals surface area contributed by atoms with E-state index >= 15 is 0 Å². The van der Waals surface area contributed by atoms with Gasteiger partial charge in [-0.2, -0.15) is 4.39 Å². The van der Waals surface area contributed by atoms with Crippen molar-refractivity contribution in [3.8, 4) is 0 Å². The molecule has 7 nitrogen and oxygen atoms in total. The highest BCUT2D eigenvalue weighted by Crippen LogP contribution is 2.33. The van der Waals surface area contributed by atoms with Crippen molar-refractivity contribution in [2.24, 2.45) is 7.05 Å². The normalized spacial score (nSPS) is 10.7. The summed E-state index contributed by atoms with van der Waals surface area (Å²) in [5.41, 5.74) is -0.236. The van der Waals surface area contributed by atoms with Crippen molar-refractivity contribution in [2.45, 2.75) is 6.92 Å². The van der Waals surface area contributed by atoms with Gasteiger partial charge < -0.3 is 4.74 Å². The predicted octanol–water partition coefficient (Wildman–Crippen LogP) is 1.72. The average Bonchev–Trinajstić information content (AvgIpc) is 2.62. The topological polar surface area (TPSA) is 87.3 Å². The Labute approximate surface area is 106 Å². The van der Waals surface area contributed by atoms with Gasteiger partial charge in [-0.25, -0.2) is 4.79 Å². The zero-order chi connectivity index (χ0) is 14.3. The number of carbonyl (C=O) groups excluding carboxylic acids is 1. The van der Waals surface area contributed by atoms with E-state index in [1.54, 1.807) is 0 Å². The molecule has 0 spiro atoms. The van der Waals surface area contributed by atoms with E-state index in [-0.39, 0.29) is 22.0 Å². The Hall–Kier alpha value is -2.51. The summed E-state index contributed by atoms with van der Waals surface area (Å²) in [6, 6.07) is 1.33. The first-order valence-electron chi connectivity index (χ1n) is 5.27. The van der Waals surface area contributed by atoms with Crippen LogP contribution < -0.4 is 0 Å². The number of nitro groups is 1. The van der Waals surface area contributed by atoms with Crippen molar-refractivity contribution in [3.05, 3.63) is 33.3 Å². The number of fused-ring (bicyclic) bond motifs is 1. The average molecular weight is 267 g/mol. The molecule has 100 valence electrons. The van der Waals surface area contributed by atoms with Crippen LogP contribution in [0.2, 0.25) is 0 Å². The highest BCUT2D eigenvalue weighted by Gasteiger charge is 2.28. The van der Waals surface area contributed by atoms with Crippen molar-refractivity contribution in [1.29, 1.82) is 0 Å². The van der Waals surface area contributed by atoms with Crippen LogP contribution in [0.25, 0.3) is 10.9 Å². The lowest BCUT2D eigenvalue weighted by molar-refractivity contribution is -0.383. The minimum absolute atomic E-state index is 0.0182. The van der Waals surface area contributed by atoms with E-state index < -0.39 is 22.5 Å². The molecule has 1 aromatic carbocycles. The molecular formula is C11H10FN3O4. The lowest BCUT2D eigenvalue weighted by Gasteiger charge is -2.06. The van der Waals surface area contributed by atoms with Gasteiger partial charge in [-0.1, -0.05) is 0 Å². The number of nitro benzene ring substituents is 1. The number of nitrogens with zero attached hydrogens (tertiary/aromatic N) is 3. The number of ether oxygens (including phenoxy) is 1. The molecule has 0 N–H and O–H groups in total. The third-order valence-corrected chi connectivity index (χ3v) is 2.91. The summed E-state index contributed by atoms with van der Waals surface area (Å²) < 4.78 is 19.4. The molecule has 8 heteroatoms. The summed E-state index contributed by atoms with van der Waals surface area (Å²) in [7, 11) is 2.60. The van der Waals surface area contributed by atoms with E-state index in [0.717, 1.165) is 4.68 Å². The van der Waals surface area contributed by atoms with Crippen molar-refractivity contribution in [2.75, 3.05) is 7.11 Å². The number of aryl methyl sites for hydroxylation is 1. The first-order valence-corrected chi connectivity index (χ1v) is 5.27. The summed E-state index contributed by atoms with van der Waals surface area (Å²) in [4.78, 5) is 22.0. The van der Waals surface area contributed by atoms with Gasteiger partial charge in [0.25, 0.3) is 5.69 Å². The molecule has 0 aliphatic rings. The van der Waals surface area contributed by atoms with Crippen LogP contribution in [0.1, 0.15) is 15.9 Å². The van der Waals surface area contributed by atoms with Gasteiger partial charge in [0.05, 0.1) is 23.1 Å². The number of hydrogen-bond donors (Lipinski definition) is 0. The van der Waals surface area contributed by atoms with Gasteiger partial charge in [-0.3, -0.25) is 14.8 Å². The number of carbonyl (C=O) groups is 1. The van der Waals surface area contributed by atoms with E-state index in [1.165, 1.54) is 27.1 Å². The molecule has 1 heterocycles. The SMILES string of the molecule is COC(=O)c1cc2c(c(F)nn2C)c([N+](=O)[O-])c1C. The molecule has 2 aromatic rings. The second-order valence-corrected chi connectivity index (χ2v) is 3.95. The number of esters is 1. The minimum atomic E-state index is -0.941. The number of halogens is 1. The summed E-state index contributed by atoms with van der Waals surface area (Å²) in [6.45, 7) is 1.37. The van der Waals surface area contributed by atoms with E-state index in [4.69, 9.17) is 0 Å². The molecule has 0 unspecified atom stereocenters. The van der Waals surface area contributed by atoms with E-state index in [9.17, 15) is 19.3 Å². The zero-order valence-corrected chi connectivity index (χ0v) is 10.4. The largest absolute Gasteiger partial charge is 0.465 e. The van der Waals surface area contributed by atoms with Crippen LogP contribution in [0.15, 0.2) is 6.07 Å². The molecule has 0 amide bonds. The van der Waals surface area contributed by atoms with Crippen LogP contribution >= 0.6 is 0 Å². The van der Waals surface area contributed by atoms with Gasteiger partial charge in [-0.15, -0.1) is 5.10 Å². The van der Waals surface area contributed by atoms with Crippen molar-refractivity contribution < 1.29 is 18.8 Å². The monoisotopic (exact) mass is 267 g/mol. The Kier molecular flexibility index (Phi) is 2.93. The number of methoxy groups -OCH3 is 1. The summed E-state index contributed by atoms with van der Waals surface area (Å²) >= 11 is 0. The zero-order valence-electron chi connectivity index (χ0n) is 10.4. The molecule has 0 radical (unpaired) electrons. The highest BCUT2D eigenvalue weighted by atomic mass is 19.1. The van der Waals surface area contributed by atoms with Gasteiger partial charge in [0.15, 0.2) is 0 Å². The summed E-state index contributed by atoms with van der Waals surface area (Å²) in [5.74, 6) is -1.66. The maximum atomic E-state index is 13.7. The standard InChI is InChI=1S/C11H10FN3O4/c1-5-6(11(16)19-3)4-7-8(9(5)15(17)18)10(12)13-14(7)2/h4H,1-3H3. The molecule has 0 fully saturated rings. The summed E-state index contributed by atoms with van der Waals surface area (Å²) in [6.07, 6.45) is 0. The second kappa shape index (κ2) is 4.30. The van der Waals surface area contributed by atoms with E-state index in [0.29, 0.717) is 0 Å². The number of aromatic nitrogens is 2. The van der Waals surface area contributed by atoms with Crippen LogP contribution in [-0.2, 0) is 11.8 Å². The third-order valence-electron chi connectivity index (χ3n) is 2.91. The number of benzene rings is 1. The first kappa shape index (κ1) is 12.9. The maximum absolute atomic E-state index is 13.7. The first-order chi connectivity index (χ1) is 8.88. The molecule has 0 atom stereocenters. The van der Waals surface area contributed by atoms with Gasteiger partial charge in [-0.05, 0) is 13.0 Å². The molecule has 0 aliphatic heterocycles. The van der Waals surface area contributed by atoms with Crippen LogP contribution in [0, 0.1) is 23.0 Å². The van der Waals surface area contributed by atoms with Crippen LogP contribution in [-0.4, -0.2) is 27.8 Å². The molecule has 19 heavy (non-hydrogen) atoms. The fourth-order valence-electron chi connectivity index (χ4n) is 2.00. The second-order valence-electron chi connectivity index (χ2n) is 3.95. The molecule has 0 bridgehead atoms. The van der Waals surface area contributed by atoms with E-state index in [1.807, 2.05) is 0 Å². The molecule has 0 saturated carbocycles. The van der Waals surface area contributed by atoms with Gasteiger partial charge >= 0.3 is 5.97 Å². The quantitative estimate of drug-likeness (QED) is 0.469. The molecule has 0 aliphatic carbocycles. The lowest BCUT2D eigenvalue weighted by atomic mass is 10.0. The Morgan fingerprint density at radius 2 is 2.21 bits per heavy atom. The van der Waals surface area contributed by atoms with Gasteiger partial charge in [0.1, 0.15) is 5.39 Å². The van der Waals surface area contributed by atoms with Gasteiger partial charge in [0.2, 0.25) is 5.95 Å². The number of hydrogen-bond acceptors (Lipinski definition) is 5. The molecule has 1 aromatic heterocycles. The molecule has 2 rings (SSSR count). The summed E-state index contributed by atoms with van der Waals surface area (Å²) in [5, 5.41) is 14.4. The highest BCUT2D eigenvalue weighted by molar-refractivity contribution is 6.01. The molecular weight excluding hydrogens is 257 g/mol. The Bertz CT molecular complexity index is 708. The smallest absolute Gasteiger partial charge is 0.338 e. The van der Waals surface area contributed by atoms with E-state index in [2.05, 4.69) is 9.84 Å². The Balaban J connectivity index is 2.97. The van der Waals surface area contributed by atoms with Crippen molar-refractivity contribution >= 4 is 22.6 Å². The maximum Gasteiger partial charge on any atom is 0.338 e. The van der Waals surface area contributed by atoms with Gasteiger partial charge in [0, 0.05) is 12.6 Å². The Morgan fingerprint density at radius 3 is 2.74 bits per heavy atom. The Morgan fingerprint density at radius 1 is 1.58 bits per heavy atom. The number of rotatable bonds is 2. The van der Waals surface area contributed by atoms with Crippen LogP contribution in [0.5, 0.6) is 0 Å². The van der Waals surface area contributed by atoms with Crippen molar-refractivity contribution in [3.63, 3.8) is 0 Å². The molecule has 0 saturated heterocycles. The third kappa shape index (κ3) is 1.81. The fourth-order valence-corrected chi connectivity index (χ4v) is 2.00. The fraction of sp³-hybridized carbons (Fsp3) is 0.273.